The monoisotopic (exact) mass is 291 g/mol. The van der Waals surface area contributed by atoms with Gasteiger partial charge in [0.25, 0.3) is 5.56 Å². The molecule has 0 bridgehead atoms. The van der Waals surface area contributed by atoms with Gasteiger partial charge in [-0.15, -0.1) is 10.8 Å². The molecule has 2 rings (SSSR count). The van der Waals surface area contributed by atoms with E-state index in [4.69, 9.17) is 4.74 Å². The fourth-order valence-electron chi connectivity index (χ4n) is 1.95. The van der Waals surface area contributed by atoms with E-state index in [2.05, 4.69) is 9.71 Å². The zero-order valence-corrected chi connectivity index (χ0v) is 11.2. The summed E-state index contributed by atoms with van der Waals surface area (Å²) < 4.78 is 28.0. The Morgan fingerprint density at radius 2 is 2.26 bits per heavy atom. The van der Waals surface area contributed by atoms with Crippen LogP contribution in [0.3, 0.4) is 0 Å². The number of H-pyrrole nitrogens is 1. The van der Waals surface area contributed by atoms with Crippen molar-refractivity contribution in [2.75, 3.05) is 12.8 Å². The van der Waals surface area contributed by atoms with Gasteiger partial charge in [0.1, 0.15) is 6.23 Å². The Balaban J connectivity index is 1.98. The van der Waals surface area contributed by atoms with Crippen molar-refractivity contribution in [3.8, 4) is 0 Å². The van der Waals surface area contributed by atoms with Crippen molar-refractivity contribution in [2.24, 2.45) is 0 Å². The Bertz CT molecular complexity index is 549. The van der Waals surface area contributed by atoms with E-state index in [9.17, 15) is 18.7 Å². The average Bonchev–Trinajstić information content (AvgIpc) is 2.74. The molecule has 2 heterocycles. The highest BCUT2D eigenvalue weighted by atomic mass is 32.3. The zero-order chi connectivity index (χ0) is 14.0. The number of hydrogen-bond acceptors (Lipinski definition) is 6. The van der Waals surface area contributed by atoms with Gasteiger partial charge in [0, 0.05) is 25.1 Å². The van der Waals surface area contributed by atoms with Crippen LogP contribution in [0.2, 0.25) is 0 Å². The zero-order valence-electron chi connectivity index (χ0n) is 10.4. The Labute approximate surface area is 110 Å². The molecule has 108 valence electrons. The van der Waals surface area contributed by atoms with Crippen LogP contribution in [-0.4, -0.2) is 37.6 Å². The van der Waals surface area contributed by atoms with Crippen LogP contribution in [0.5, 0.6) is 0 Å². The molecule has 0 spiro atoms. The molecule has 0 aliphatic carbocycles. The summed E-state index contributed by atoms with van der Waals surface area (Å²) in [5.74, 6) is 0. The molecule has 19 heavy (non-hydrogen) atoms. The van der Waals surface area contributed by atoms with Gasteiger partial charge < -0.3 is 4.74 Å². The fourth-order valence-corrected chi connectivity index (χ4v) is 2.45. The molecule has 8 nitrogen and oxygen atoms in total. The van der Waals surface area contributed by atoms with Gasteiger partial charge in [0.05, 0.1) is 6.10 Å². The average molecular weight is 291 g/mol. The SMILES string of the molecule is CS(O)(O)NCC1CCC(n2ccc(=O)[nH]c2=O)O1. The van der Waals surface area contributed by atoms with Gasteiger partial charge in [-0.1, -0.05) is 0 Å². The van der Waals surface area contributed by atoms with E-state index in [0.29, 0.717) is 19.4 Å². The Kier molecular flexibility index (Phi) is 4.11. The van der Waals surface area contributed by atoms with Crippen LogP contribution in [-0.2, 0) is 4.74 Å². The summed E-state index contributed by atoms with van der Waals surface area (Å²) in [5, 5.41) is 0. The van der Waals surface area contributed by atoms with Crippen molar-refractivity contribution >= 4 is 10.8 Å². The lowest BCUT2D eigenvalue weighted by Gasteiger charge is -2.29. The van der Waals surface area contributed by atoms with Gasteiger partial charge in [0.2, 0.25) is 0 Å². The molecule has 2 atom stereocenters. The fraction of sp³-hybridized carbons (Fsp3) is 0.600. The number of rotatable bonds is 4. The van der Waals surface area contributed by atoms with Crippen molar-refractivity contribution in [3.63, 3.8) is 0 Å². The molecule has 1 aliphatic rings. The second-order valence-electron chi connectivity index (χ2n) is 4.49. The Hall–Kier alpha value is -1.13. The standard InChI is InChI=1S/C10H17N3O5S/c1-19(16,17)11-6-7-2-3-9(18-7)13-5-4-8(14)12-10(13)15/h4-5,7,9,11,16-17H,2-3,6H2,1H3,(H,12,14,15). The summed E-state index contributed by atoms with van der Waals surface area (Å²) in [6, 6.07) is 1.26. The molecule has 1 saturated heterocycles. The third-order valence-electron chi connectivity index (χ3n) is 2.83. The maximum atomic E-state index is 11.6. The summed E-state index contributed by atoms with van der Waals surface area (Å²) in [4.78, 5) is 24.7. The first-order chi connectivity index (χ1) is 8.85. The first-order valence-electron chi connectivity index (χ1n) is 5.80. The Morgan fingerprint density at radius 1 is 1.53 bits per heavy atom. The quantitative estimate of drug-likeness (QED) is 0.625. The van der Waals surface area contributed by atoms with Crippen LogP contribution < -0.4 is 16.0 Å². The van der Waals surface area contributed by atoms with E-state index in [1.165, 1.54) is 23.1 Å². The molecular weight excluding hydrogens is 274 g/mol. The van der Waals surface area contributed by atoms with Gasteiger partial charge in [-0.25, -0.2) is 9.52 Å². The molecule has 0 amide bonds. The van der Waals surface area contributed by atoms with Crippen LogP contribution in [0, 0.1) is 0 Å². The number of nitrogens with zero attached hydrogens (tertiary/aromatic N) is 1. The second-order valence-corrected chi connectivity index (χ2v) is 6.45. The minimum atomic E-state index is -2.75. The summed E-state index contributed by atoms with van der Waals surface area (Å²) in [6.45, 7) is 0.299. The minimum absolute atomic E-state index is 0.199. The third kappa shape index (κ3) is 3.91. The molecule has 1 aromatic rings. The van der Waals surface area contributed by atoms with Gasteiger partial charge in [0.15, 0.2) is 0 Å². The minimum Gasteiger partial charge on any atom is -0.353 e. The molecule has 1 fully saturated rings. The number of aromatic amines is 1. The van der Waals surface area contributed by atoms with Crippen LogP contribution in [0.4, 0.5) is 0 Å². The van der Waals surface area contributed by atoms with Crippen molar-refractivity contribution < 1.29 is 13.8 Å². The van der Waals surface area contributed by atoms with Gasteiger partial charge in [-0.3, -0.25) is 23.5 Å². The van der Waals surface area contributed by atoms with Crippen molar-refractivity contribution in [2.45, 2.75) is 25.2 Å². The van der Waals surface area contributed by atoms with E-state index in [1.807, 2.05) is 0 Å². The van der Waals surface area contributed by atoms with Crippen LogP contribution in [0.15, 0.2) is 21.9 Å². The van der Waals surface area contributed by atoms with Gasteiger partial charge >= 0.3 is 5.69 Å². The van der Waals surface area contributed by atoms with E-state index in [1.54, 1.807) is 0 Å². The van der Waals surface area contributed by atoms with Crippen LogP contribution >= 0.6 is 10.8 Å². The van der Waals surface area contributed by atoms with E-state index >= 15 is 0 Å². The highest BCUT2D eigenvalue weighted by molar-refractivity contribution is 8.22. The summed E-state index contributed by atoms with van der Waals surface area (Å²) in [7, 11) is -2.75. The highest BCUT2D eigenvalue weighted by Gasteiger charge is 2.27. The van der Waals surface area contributed by atoms with E-state index < -0.39 is 28.3 Å². The van der Waals surface area contributed by atoms with E-state index in [0.717, 1.165) is 0 Å². The summed E-state index contributed by atoms with van der Waals surface area (Å²) in [6.07, 6.45) is 3.38. The first kappa shape index (κ1) is 14.3. The molecular formula is C10H17N3O5S. The third-order valence-corrected chi connectivity index (χ3v) is 3.54. The van der Waals surface area contributed by atoms with Crippen molar-refractivity contribution in [1.82, 2.24) is 14.3 Å². The molecule has 0 radical (unpaired) electrons. The topological polar surface area (TPSA) is 117 Å². The molecule has 9 heteroatoms. The lowest BCUT2D eigenvalue weighted by molar-refractivity contribution is 0.00188. The van der Waals surface area contributed by atoms with Crippen LogP contribution in [0.25, 0.3) is 0 Å². The molecule has 0 saturated carbocycles. The van der Waals surface area contributed by atoms with Crippen molar-refractivity contribution in [1.29, 1.82) is 0 Å². The van der Waals surface area contributed by atoms with Gasteiger partial charge in [-0.2, -0.15) is 0 Å². The normalized spacial score (nSPS) is 24.6. The van der Waals surface area contributed by atoms with Crippen LogP contribution in [0.1, 0.15) is 19.1 Å². The molecule has 1 aromatic heterocycles. The number of ether oxygens (including phenoxy) is 1. The Morgan fingerprint density at radius 3 is 2.89 bits per heavy atom. The molecule has 1 aliphatic heterocycles. The molecule has 0 aromatic carbocycles. The largest absolute Gasteiger partial charge is 0.353 e. The van der Waals surface area contributed by atoms with Crippen molar-refractivity contribution in [3.05, 3.63) is 33.1 Å². The lowest BCUT2D eigenvalue weighted by atomic mass is 10.2. The van der Waals surface area contributed by atoms with Gasteiger partial charge in [-0.05, 0) is 12.8 Å². The summed E-state index contributed by atoms with van der Waals surface area (Å²) in [5.41, 5.74) is -0.955. The van der Waals surface area contributed by atoms with E-state index in [-0.39, 0.29) is 6.10 Å². The summed E-state index contributed by atoms with van der Waals surface area (Å²) >= 11 is 0. The maximum Gasteiger partial charge on any atom is 0.330 e. The lowest BCUT2D eigenvalue weighted by Crippen LogP contribution is -2.33. The molecule has 4 N–H and O–H groups in total. The highest BCUT2D eigenvalue weighted by Crippen LogP contribution is 2.30. The smallest absolute Gasteiger partial charge is 0.330 e. The first-order valence-corrected chi connectivity index (χ1v) is 7.75. The maximum absolute atomic E-state index is 11.6. The number of hydrogen-bond donors (Lipinski definition) is 4. The second kappa shape index (κ2) is 5.47. The number of nitrogens with one attached hydrogen (secondary N) is 2. The predicted octanol–water partition coefficient (Wildman–Crippen LogP) is 0.0992. The number of aromatic nitrogens is 2. The predicted molar refractivity (Wildman–Crippen MR) is 71.2 cm³/mol. The molecule has 2 unspecified atom stereocenters.